The standard InChI is InChI=1S/C24H40O5/c1-3-5-6-10-17-24(29,4-2)18-11-12-19-15-16-21(25)20(19)13-8-7-9-14-22(26)23(27)28/h4,11-12,19-20,22,26,29H,2-3,5-10,13-18H2,1H3,(H,27,28)/t19-,20+,22?,24?/m0/s1. The van der Waals surface area contributed by atoms with E-state index in [2.05, 4.69) is 19.6 Å². The molecule has 0 saturated heterocycles. The van der Waals surface area contributed by atoms with Crippen molar-refractivity contribution in [3.8, 4) is 0 Å². The lowest BCUT2D eigenvalue weighted by molar-refractivity contribution is -0.147. The average molecular weight is 409 g/mol. The Morgan fingerprint density at radius 2 is 1.97 bits per heavy atom. The zero-order valence-corrected chi connectivity index (χ0v) is 18.0. The molecule has 1 saturated carbocycles. The molecule has 166 valence electrons. The Balaban J connectivity index is 2.41. The number of ketones is 1. The largest absolute Gasteiger partial charge is 0.479 e. The third-order valence-corrected chi connectivity index (χ3v) is 6.13. The van der Waals surface area contributed by atoms with Crippen molar-refractivity contribution in [1.29, 1.82) is 0 Å². The van der Waals surface area contributed by atoms with Crippen LogP contribution in [0, 0.1) is 11.8 Å². The summed E-state index contributed by atoms with van der Waals surface area (Å²) in [7, 11) is 0. The molecule has 0 aromatic heterocycles. The molecule has 0 bridgehead atoms. The predicted octanol–water partition coefficient (Wildman–Crippen LogP) is 4.81. The van der Waals surface area contributed by atoms with E-state index < -0.39 is 17.7 Å². The molecule has 1 rings (SSSR count). The number of aliphatic hydroxyl groups is 2. The van der Waals surface area contributed by atoms with E-state index >= 15 is 0 Å². The maximum Gasteiger partial charge on any atom is 0.332 e. The van der Waals surface area contributed by atoms with Gasteiger partial charge in [-0.2, -0.15) is 0 Å². The van der Waals surface area contributed by atoms with Crippen LogP contribution in [0.1, 0.15) is 90.4 Å². The van der Waals surface area contributed by atoms with Gasteiger partial charge in [0.1, 0.15) is 5.78 Å². The van der Waals surface area contributed by atoms with Crippen molar-refractivity contribution in [3.63, 3.8) is 0 Å². The summed E-state index contributed by atoms with van der Waals surface area (Å²) in [5, 5.41) is 28.7. The Labute approximate surface area is 175 Å². The topological polar surface area (TPSA) is 94.8 Å². The second kappa shape index (κ2) is 13.7. The van der Waals surface area contributed by atoms with Gasteiger partial charge in [-0.1, -0.05) is 70.1 Å². The third kappa shape index (κ3) is 9.72. The number of hydrogen-bond donors (Lipinski definition) is 3. The summed E-state index contributed by atoms with van der Waals surface area (Å²) in [6, 6.07) is 0. The molecule has 1 aliphatic rings. The molecule has 0 heterocycles. The quantitative estimate of drug-likeness (QED) is 0.252. The van der Waals surface area contributed by atoms with Crippen LogP contribution < -0.4 is 0 Å². The van der Waals surface area contributed by atoms with Gasteiger partial charge in [0, 0.05) is 12.3 Å². The van der Waals surface area contributed by atoms with E-state index in [1.807, 2.05) is 6.08 Å². The summed E-state index contributed by atoms with van der Waals surface area (Å²) in [5.41, 5.74) is -0.868. The van der Waals surface area contributed by atoms with Crippen LogP contribution in [0.3, 0.4) is 0 Å². The number of carboxylic acids is 1. The maximum atomic E-state index is 12.2. The molecule has 5 heteroatoms. The first-order valence-corrected chi connectivity index (χ1v) is 11.3. The molecule has 0 aromatic rings. The number of rotatable bonds is 16. The third-order valence-electron chi connectivity index (χ3n) is 6.13. The van der Waals surface area contributed by atoms with Gasteiger partial charge in [-0.05, 0) is 38.0 Å². The number of aliphatic carboxylic acids is 1. The molecule has 0 aliphatic heterocycles. The average Bonchev–Trinajstić information content (AvgIpc) is 3.04. The first kappa shape index (κ1) is 25.6. The molecule has 4 atom stereocenters. The molecule has 0 aromatic carbocycles. The van der Waals surface area contributed by atoms with Gasteiger partial charge in [0.05, 0.1) is 5.60 Å². The van der Waals surface area contributed by atoms with E-state index in [9.17, 15) is 19.8 Å². The number of allylic oxidation sites excluding steroid dienone is 1. The lowest BCUT2D eigenvalue weighted by Crippen LogP contribution is -2.24. The number of carbonyl (C=O) groups excluding carboxylic acids is 1. The molecule has 1 fully saturated rings. The van der Waals surface area contributed by atoms with Crippen LogP contribution in [-0.2, 0) is 9.59 Å². The highest BCUT2D eigenvalue weighted by Crippen LogP contribution is 2.34. The minimum Gasteiger partial charge on any atom is -0.479 e. The summed E-state index contributed by atoms with van der Waals surface area (Å²) in [6.45, 7) is 5.97. The summed E-state index contributed by atoms with van der Waals surface area (Å²) < 4.78 is 0. The molecule has 2 unspecified atom stereocenters. The van der Waals surface area contributed by atoms with Crippen molar-refractivity contribution in [2.75, 3.05) is 0 Å². The number of hydrogen-bond acceptors (Lipinski definition) is 4. The Bertz CT molecular complexity index is 541. The fourth-order valence-corrected chi connectivity index (χ4v) is 4.13. The van der Waals surface area contributed by atoms with E-state index in [-0.39, 0.29) is 18.3 Å². The van der Waals surface area contributed by atoms with Crippen molar-refractivity contribution in [2.24, 2.45) is 11.8 Å². The predicted molar refractivity (Wildman–Crippen MR) is 116 cm³/mol. The van der Waals surface area contributed by atoms with E-state index in [0.717, 1.165) is 44.9 Å². The van der Waals surface area contributed by atoms with Gasteiger partial charge in [-0.25, -0.2) is 4.79 Å². The second-order valence-corrected chi connectivity index (χ2v) is 8.52. The van der Waals surface area contributed by atoms with Gasteiger partial charge >= 0.3 is 5.97 Å². The first-order chi connectivity index (χ1) is 13.8. The van der Waals surface area contributed by atoms with Gasteiger partial charge in [0.2, 0.25) is 0 Å². The van der Waals surface area contributed by atoms with Crippen molar-refractivity contribution in [3.05, 3.63) is 24.8 Å². The van der Waals surface area contributed by atoms with Crippen LogP contribution in [-0.4, -0.2) is 38.8 Å². The molecule has 1 aliphatic carbocycles. The molecule has 3 N–H and O–H groups in total. The fourth-order valence-electron chi connectivity index (χ4n) is 4.13. The summed E-state index contributed by atoms with van der Waals surface area (Å²) in [5.74, 6) is -0.618. The molecular formula is C24H40O5. The minimum absolute atomic E-state index is 0.0250. The van der Waals surface area contributed by atoms with Crippen LogP contribution in [0.2, 0.25) is 0 Å². The normalized spacial score (nSPS) is 22.7. The van der Waals surface area contributed by atoms with Crippen molar-refractivity contribution in [2.45, 2.75) is 102 Å². The fraction of sp³-hybridized carbons (Fsp3) is 0.750. The number of carboxylic acid groups (broad SMARTS) is 1. The smallest absolute Gasteiger partial charge is 0.332 e. The Kier molecular flexibility index (Phi) is 12.1. The van der Waals surface area contributed by atoms with Crippen molar-refractivity contribution in [1.82, 2.24) is 0 Å². The lowest BCUT2D eigenvalue weighted by atomic mass is 9.87. The number of aliphatic hydroxyl groups excluding tert-OH is 1. The van der Waals surface area contributed by atoms with Crippen LogP contribution in [0.25, 0.3) is 0 Å². The highest BCUT2D eigenvalue weighted by atomic mass is 16.4. The number of unbranched alkanes of at least 4 members (excludes halogenated alkanes) is 5. The highest BCUT2D eigenvalue weighted by molar-refractivity contribution is 5.83. The molecule has 0 amide bonds. The van der Waals surface area contributed by atoms with Crippen molar-refractivity contribution >= 4 is 11.8 Å². The lowest BCUT2D eigenvalue weighted by Gasteiger charge is -2.23. The van der Waals surface area contributed by atoms with Gasteiger partial charge in [-0.3, -0.25) is 4.79 Å². The first-order valence-electron chi connectivity index (χ1n) is 11.3. The summed E-state index contributed by atoms with van der Waals surface area (Å²) in [6.07, 6.45) is 15.1. The summed E-state index contributed by atoms with van der Waals surface area (Å²) >= 11 is 0. The van der Waals surface area contributed by atoms with Gasteiger partial charge in [0.25, 0.3) is 0 Å². The van der Waals surface area contributed by atoms with Crippen LogP contribution in [0.4, 0.5) is 0 Å². The Morgan fingerprint density at radius 1 is 1.24 bits per heavy atom. The monoisotopic (exact) mass is 408 g/mol. The van der Waals surface area contributed by atoms with E-state index in [1.165, 1.54) is 12.8 Å². The van der Waals surface area contributed by atoms with Gasteiger partial charge in [-0.15, -0.1) is 6.58 Å². The molecular weight excluding hydrogens is 368 g/mol. The van der Waals surface area contributed by atoms with Crippen LogP contribution in [0.5, 0.6) is 0 Å². The molecule has 0 radical (unpaired) electrons. The SMILES string of the molecule is C=CC(O)(CC=C[C@H]1CCC(=O)[C@@H]1CCCCCC(O)C(=O)O)CCCCCC. The van der Waals surface area contributed by atoms with Gasteiger partial charge < -0.3 is 15.3 Å². The van der Waals surface area contributed by atoms with E-state index in [1.54, 1.807) is 6.08 Å². The van der Waals surface area contributed by atoms with E-state index in [4.69, 9.17) is 5.11 Å². The van der Waals surface area contributed by atoms with Crippen LogP contribution in [0.15, 0.2) is 24.8 Å². The molecule has 29 heavy (non-hydrogen) atoms. The van der Waals surface area contributed by atoms with Crippen LogP contribution >= 0.6 is 0 Å². The Hall–Kier alpha value is -1.46. The highest BCUT2D eigenvalue weighted by Gasteiger charge is 2.32. The molecule has 5 nitrogen and oxygen atoms in total. The zero-order valence-electron chi connectivity index (χ0n) is 18.0. The van der Waals surface area contributed by atoms with E-state index in [0.29, 0.717) is 25.0 Å². The van der Waals surface area contributed by atoms with Crippen molar-refractivity contribution < 1.29 is 24.9 Å². The molecule has 0 spiro atoms. The number of carbonyl (C=O) groups is 2. The maximum absolute atomic E-state index is 12.2. The zero-order chi connectivity index (χ0) is 21.7. The second-order valence-electron chi connectivity index (χ2n) is 8.52. The van der Waals surface area contributed by atoms with Gasteiger partial charge in [0.15, 0.2) is 6.10 Å². The minimum atomic E-state index is -1.29. The number of Topliss-reactive ketones (excluding diaryl/α,β-unsaturated/α-hetero) is 1. The summed E-state index contributed by atoms with van der Waals surface area (Å²) in [4.78, 5) is 22.9. The Morgan fingerprint density at radius 3 is 2.62 bits per heavy atom.